The van der Waals surface area contributed by atoms with Crippen molar-refractivity contribution in [3.63, 3.8) is 0 Å². The van der Waals surface area contributed by atoms with Gasteiger partial charge < -0.3 is 14.8 Å². The van der Waals surface area contributed by atoms with Gasteiger partial charge in [0, 0.05) is 35.7 Å². The van der Waals surface area contributed by atoms with E-state index < -0.39 is 5.60 Å². The fraction of sp³-hybridized carbons (Fsp3) is 0.650. The number of halogens is 1. The summed E-state index contributed by atoms with van der Waals surface area (Å²) in [5.41, 5.74) is 0.719. The molecule has 1 heterocycles. The van der Waals surface area contributed by atoms with Gasteiger partial charge >= 0.3 is 6.09 Å². The highest BCUT2D eigenvalue weighted by atomic mass is 79.9. The second-order valence-electron chi connectivity index (χ2n) is 8.08. The highest BCUT2D eigenvalue weighted by molar-refractivity contribution is 9.10. The Labute approximate surface area is 165 Å². The van der Waals surface area contributed by atoms with E-state index in [0.717, 1.165) is 42.7 Å². The van der Waals surface area contributed by atoms with Crippen LogP contribution in [0.4, 0.5) is 4.79 Å². The van der Waals surface area contributed by atoms with E-state index in [0.29, 0.717) is 0 Å². The van der Waals surface area contributed by atoms with Gasteiger partial charge in [-0.2, -0.15) is 0 Å². The van der Waals surface area contributed by atoms with Crippen LogP contribution < -0.4 is 10.1 Å². The molecule has 1 fully saturated rings. The van der Waals surface area contributed by atoms with Gasteiger partial charge in [0.2, 0.25) is 0 Å². The number of amides is 1. The summed E-state index contributed by atoms with van der Waals surface area (Å²) in [5, 5.41) is 2.99. The van der Waals surface area contributed by atoms with Gasteiger partial charge in [0.1, 0.15) is 11.4 Å². The monoisotopic (exact) mass is 426 g/mol. The number of alkyl carbamates (subject to hydrolysis) is 1. The smallest absolute Gasteiger partial charge is 0.407 e. The zero-order chi connectivity index (χ0) is 19.3. The van der Waals surface area contributed by atoms with Crippen LogP contribution in [-0.2, 0) is 11.3 Å². The van der Waals surface area contributed by atoms with E-state index in [1.807, 2.05) is 46.8 Å². The molecule has 1 aliphatic heterocycles. The van der Waals surface area contributed by atoms with Crippen LogP contribution in [0.3, 0.4) is 0 Å². The maximum Gasteiger partial charge on any atom is 0.407 e. The average molecular weight is 427 g/mol. The van der Waals surface area contributed by atoms with Gasteiger partial charge in [-0.05, 0) is 59.6 Å². The second kappa shape index (κ2) is 9.09. The van der Waals surface area contributed by atoms with Crippen molar-refractivity contribution in [1.29, 1.82) is 0 Å². The zero-order valence-corrected chi connectivity index (χ0v) is 18.1. The van der Waals surface area contributed by atoms with Crippen LogP contribution in [0.25, 0.3) is 0 Å². The summed E-state index contributed by atoms with van der Waals surface area (Å²) in [4.78, 5) is 14.3. The van der Waals surface area contributed by atoms with E-state index in [1.54, 1.807) is 0 Å². The predicted molar refractivity (Wildman–Crippen MR) is 108 cm³/mol. The summed E-state index contributed by atoms with van der Waals surface area (Å²) in [5.74, 6) is 0.934. The number of carbonyl (C=O) groups is 1. The van der Waals surface area contributed by atoms with E-state index in [1.165, 1.54) is 5.56 Å². The van der Waals surface area contributed by atoms with Crippen molar-refractivity contribution in [1.82, 2.24) is 10.2 Å². The Balaban J connectivity index is 1.88. The van der Waals surface area contributed by atoms with E-state index >= 15 is 0 Å². The van der Waals surface area contributed by atoms with E-state index in [4.69, 9.17) is 9.47 Å². The Morgan fingerprint density at radius 2 is 1.96 bits per heavy atom. The first-order chi connectivity index (χ1) is 12.1. The molecular weight excluding hydrogens is 396 g/mol. The number of nitrogens with zero attached hydrogens (tertiary/aromatic N) is 1. The van der Waals surface area contributed by atoms with Gasteiger partial charge in [-0.15, -0.1) is 0 Å². The predicted octanol–water partition coefficient (Wildman–Crippen LogP) is 4.73. The minimum atomic E-state index is -0.461. The molecule has 26 heavy (non-hydrogen) atoms. The average Bonchev–Trinajstić information content (AvgIpc) is 2.50. The Morgan fingerprint density at radius 3 is 2.54 bits per heavy atom. The van der Waals surface area contributed by atoms with Crippen molar-refractivity contribution < 1.29 is 14.3 Å². The fourth-order valence-corrected chi connectivity index (χ4v) is 3.46. The lowest BCUT2D eigenvalue weighted by Crippen LogP contribution is -2.45. The summed E-state index contributed by atoms with van der Waals surface area (Å²) in [6.45, 7) is 12.4. The van der Waals surface area contributed by atoms with Crippen LogP contribution >= 0.6 is 15.9 Å². The number of hydrogen-bond acceptors (Lipinski definition) is 4. The molecule has 1 aromatic rings. The molecule has 0 unspecified atom stereocenters. The first kappa shape index (κ1) is 21.0. The lowest BCUT2D eigenvalue weighted by atomic mass is 10.0. The second-order valence-corrected chi connectivity index (χ2v) is 8.93. The Bertz CT molecular complexity index is 606. The highest BCUT2D eigenvalue weighted by Gasteiger charge is 2.24. The number of piperidine rings is 1. The number of carbonyl (C=O) groups excluding carboxylic acids is 1. The molecule has 5 nitrogen and oxygen atoms in total. The quantitative estimate of drug-likeness (QED) is 0.739. The van der Waals surface area contributed by atoms with Crippen LogP contribution in [-0.4, -0.2) is 41.8 Å². The van der Waals surface area contributed by atoms with Gasteiger partial charge in [0.15, 0.2) is 0 Å². The van der Waals surface area contributed by atoms with Crippen LogP contribution in [0.2, 0.25) is 0 Å². The number of nitrogens with one attached hydrogen (secondary N) is 1. The molecule has 0 aliphatic carbocycles. The van der Waals surface area contributed by atoms with E-state index in [2.05, 4.69) is 32.2 Å². The van der Waals surface area contributed by atoms with Crippen molar-refractivity contribution in [2.45, 2.75) is 71.8 Å². The molecule has 0 saturated carbocycles. The van der Waals surface area contributed by atoms with Gasteiger partial charge in [0.25, 0.3) is 0 Å². The van der Waals surface area contributed by atoms with Crippen molar-refractivity contribution in [2.24, 2.45) is 0 Å². The molecule has 0 aromatic heterocycles. The maximum atomic E-state index is 11.9. The van der Waals surface area contributed by atoms with Crippen molar-refractivity contribution in [3.8, 4) is 5.75 Å². The number of likely N-dealkylation sites (tertiary alicyclic amines) is 1. The fourth-order valence-electron chi connectivity index (χ4n) is 2.99. The molecule has 0 spiro atoms. The van der Waals surface area contributed by atoms with Crippen LogP contribution in [0.15, 0.2) is 22.7 Å². The van der Waals surface area contributed by atoms with Crippen LogP contribution in [0.1, 0.15) is 53.0 Å². The molecular formula is C20H31BrN2O3. The van der Waals surface area contributed by atoms with Crippen molar-refractivity contribution >= 4 is 22.0 Å². The van der Waals surface area contributed by atoms with Crippen molar-refractivity contribution in [3.05, 3.63) is 28.2 Å². The Morgan fingerprint density at radius 1 is 1.31 bits per heavy atom. The number of benzene rings is 1. The molecule has 1 aliphatic rings. The lowest BCUT2D eigenvalue weighted by Gasteiger charge is -2.33. The third-order valence-electron chi connectivity index (χ3n) is 4.13. The number of rotatable bonds is 5. The van der Waals surface area contributed by atoms with Crippen LogP contribution in [0, 0.1) is 0 Å². The summed E-state index contributed by atoms with van der Waals surface area (Å²) in [6.07, 6.45) is 1.66. The van der Waals surface area contributed by atoms with Crippen LogP contribution in [0.5, 0.6) is 5.75 Å². The SMILES string of the molecule is CC(C)Oc1cccc(Br)c1CN1CCC(NC(=O)OC(C)(C)C)CC1. The minimum absolute atomic E-state index is 0.145. The first-order valence-corrected chi connectivity index (χ1v) is 10.1. The Hall–Kier alpha value is -1.27. The molecule has 1 amide bonds. The molecule has 146 valence electrons. The third-order valence-corrected chi connectivity index (χ3v) is 4.87. The Kier molecular flexibility index (Phi) is 7.35. The van der Waals surface area contributed by atoms with Gasteiger partial charge in [-0.3, -0.25) is 4.90 Å². The topological polar surface area (TPSA) is 50.8 Å². The molecule has 2 rings (SSSR count). The van der Waals surface area contributed by atoms with E-state index in [9.17, 15) is 4.79 Å². The summed E-state index contributed by atoms with van der Waals surface area (Å²) in [7, 11) is 0. The normalized spacial score (nSPS) is 16.6. The lowest BCUT2D eigenvalue weighted by molar-refractivity contribution is 0.0477. The number of ether oxygens (including phenoxy) is 2. The molecule has 1 N–H and O–H groups in total. The molecule has 6 heteroatoms. The van der Waals surface area contributed by atoms with Gasteiger partial charge in [0.05, 0.1) is 6.10 Å². The summed E-state index contributed by atoms with van der Waals surface area (Å²) < 4.78 is 12.4. The zero-order valence-electron chi connectivity index (χ0n) is 16.5. The molecule has 1 saturated heterocycles. The van der Waals surface area contributed by atoms with Gasteiger partial charge in [-0.25, -0.2) is 4.79 Å². The number of hydrogen-bond donors (Lipinski definition) is 1. The van der Waals surface area contributed by atoms with E-state index in [-0.39, 0.29) is 18.2 Å². The van der Waals surface area contributed by atoms with Gasteiger partial charge in [-0.1, -0.05) is 22.0 Å². The highest BCUT2D eigenvalue weighted by Crippen LogP contribution is 2.30. The standard InChI is InChI=1S/C20H31BrN2O3/c1-14(2)25-18-8-6-7-17(21)16(18)13-23-11-9-15(10-12-23)22-19(24)26-20(3,4)5/h6-8,14-15H,9-13H2,1-5H3,(H,22,24). The molecule has 0 atom stereocenters. The minimum Gasteiger partial charge on any atom is -0.491 e. The molecule has 1 aromatic carbocycles. The third kappa shape index (κ3) is 6.80. The molecule has 0 bridgehead atoms. The molecule has 0 radical (unpaired) electrons. The summed E-state index contributed by atoms with van der Waals surface area (Å²) in [6, 6.07) is 6.25. The maximum absolute atomic E-state index is 11.9. The summed E-state index contributed by atoms with van der Waals surface area (Å²) >= 11 is 3.66. The first-order valence-electron chi connectivity index (χ1n) is 9.30. The largest absolute Gasteiger partial charge is 0.491 e. The van der Waals surface area contributed by atoms with Crippen molar-refractivity contribution in [2.75, 3.05) is 13.1 Å².